The molecule has 0 spiro atoms. The number of carbonyl (C=O) groups excluding carboxylic acids is 1. The number of pyridine rings is 1. The molecule has 0 radical (unpaired) electrons. The summed E-state index contributed by atoms with van der Waals surface area (Å²) in [4.78, 5) is 20.3. The summed E-state index contributed by atoms with van der Waals surface area (Å²) in [6.45, 7) is 0.688. The van der Waals surface area contributed by atoms with Gasteiger partial charge in [0.1, 0.15) is 35.9 Å². The summed E-state index contributed by atoms with van der Waals surface area (Å²) in [5.74, 6) is -1.49. The normalized spacial score (nSPS) is 20.9. The number of anilines is 1. The average Bonchev–Trinajstić information content (AvgIpc) is 2.69. The maximum Gasteiger partial charge on any atom is 0.283 e. The number of nitrogens with one attached hydrogen (secondary N) is 1. The molecule has 150 valence electrons. The van der Waals surface area contributed by atoms with Crippen LogP contribution in [0.1, 0.15) is 35.0 Å². The summed E-state index contributed by atoms with van der Waals surface area (Å²) < 4.78 is 33.8. The van der Waals surface area contributed by atoms with E-state index < -0.39 is 30.0 Å². The van der Waals surface area contributed by atoms with Crippen molar-refractivity contribution in [3.05, 3.63) is 58.1 Å². The third kappa shape index (κ3) is 4.12. The smallest absolute Gasteiger partial charge is 0.283 e. The maximum absolute atomic E-state index is 14.5. The number of rotatable bonds is 4. The van der Waals surface area contributed by atoms with Gasteiger partial charge in [-0.3, -0.25) is 4.79 Å². The first-order valence-electron chi connectivity index (χ1n) is 8.53. The molecule has 0 saturated carbocycles. The van der Waals surface area contributed by atoms with Crippen molar-refractivity contribution < 1.29 is 18.3 Å². The van der Waals surface area contributed by atoms with Gasteiger partial charge < -0.3 is 15.8 Å². The van der Waals surface area contributed by atoms with Crippen LogP contribution in [0, 0.1) is 17.1 Å². The Morgan fingerprint density at radius 2 is 2.28 bits per heavy atom. The summed E-state index contributed by atoms with van der Waals surface area (Å²) in [6, 6.07) is 6.80. The zero-order chi connectivity index (χ0) is 21.2. The van der Waals surface area contributed by atoms with Crippen molar-refractivity contribution >= 4 is 29.2 Å². The Hall–Kier alpha value is -3.25. The first-order valence-corrected chi connectivity index (χ1v) is 8.91. The fourth-order valence-electron chi connectivity index (χ4n) is 3.12. The summed E-state index contributed by atoms with van der Waals surface area (Å²) in [5, 5.41) is 11.0. The van der Waals surface area contributed by atoms with E-state index in [4.69, 9.17) is 27.3 Å². The Kier molecular flexibility index (Phi) is 5.66. The maximum atomic E-state index is 14.5. The van der Waals surface area contributed by atoms with Crippen LogP contribution in [0.2, 0.25) is 5.02 Å². The molecule has 1 aromatic heterocycles. The van der Waals surface area contributed by atoms with E-state index in [2.05, 4.69) is 15.3 Å². The predicted molar refractivity (Wildman–Crippen MR) is 103 cm³/mol. The predicted octanol–water partition coefficient (Wildman–Crippen LogP) is 3.29. The molecule has 1 aliphatic heterocycles. The van der Waals surface area contributed by atoms with Gasteiger partial charge in [0.15, 0.2) is 0 Å². The van der Waals surface area contributed by atoms with E-state index in [1.54, 1.807) is 6.92 Å². The molecule has 7 nitrogen and oxygen atoms in total. The first-order chi connectivity index (χ1) is 13.8. The molecule has 1 amide bonds. The van der Waals surface area contributed by atoms with Gasteiger partial charge in [-0.25, -0.2) is 18.8 Å². The lowest BCUT2D eigenvalue weighted by Gasteiger charge is -2.35. The number of aliphatic imine (C=N–C) groups is 1. The number of amidine groups is 1. The number of aromatic nitrogens is 1. The van der Waals surface area contributed by atoms with Crippen LogP contribution in [0.5, 0.6) is 0 Å². The molecule has 2 heterocycles. The quantitative estimate of drug-likeness (QED) is 0.789. The van der Waals surface area contributed by atoms with Crippen LogP contribution in [0.3, 0.4) is 0 Å². The highest BCUT2D eigenvalue weighted by molar-refractivity contribution is 6.31. The van der Waals surface area contributed by atoms with Crippen LogP contribution in [-0.4, -0.2) is 29.7 Å². The van der Waals surface area contributed by atoms with Gasteiger partial charge in [-0.15, -0.1) is 0 Å². The lowest BCUT2D eigenvalue weighted by atomic mass is 9.85. The standard InChI is InChI=1S/C19H16ClF2N5O2/c1-10-6-19(9-21,27-18(24)29-10)13-4-12(5-14(22)16(13)20)26-17(28)15-3-2-11(7-23)8-25-15/h2-5,8,10H,6,9H2,1H3,(H2,24,27)(H,26,28)/t10-,19+/m1/s1. The minimum Gasteiger partial charge on any atom is -0.462 e. The number of halogens is 3. The molecule has 10 heteroatoms. The summed E-state index contributed by atoms with van der Waals surface area (Å²) in [7, 11) is 0. The Balaban J connectivity index is 1.98. The van der Waals surface area contributed by atoms with Gasteiger partial charge in [0, 0.05) is 23.9 Å². The van der Waals surface area contributed by atoms with Gasteiger partial charge in [-0.05, 0) is 31.2 Å². The molecule has 2 aromatic rings. The number of hydrogen-bond donors (Lipinski definition) is 2. The number of carbonyl (C=O) groups is 1. The fraction of sp³-hybridized carbons (Fsp3) is 0.263. The Labute approximate surface area is 170 Å². The van der Waals surface area contributed by atoms with Crippen LogP contribution >= 0.6 is 11.6 Å². The van der Waals surface area contributed by atoms with Crippen LogP contribution in [0.25, 0.3) is 0 Å². The summed E-state index contributed by atoms with van der Waals surface area (Å²) in [6.07, 6.45) is 0.850. The third-order valence-corrected chi connectivity index (χ3v) is 4.79. The molecule has 0 fully saturated rings. The lowest BCUT2D eigenvalue weighted by molar-refractivity contribution is 0.102. The highest BCUT2D eigenvalue weighted by Gasteiger charge is 2.41. The highest BCUT2D eigenvalue weighted by atomic mass is 35.5. The molecule has 3 rings (SSSR count). The molecule has 0 saturated heterocycles. The highest BCUT2D eigenvalue weighted by Crippen LogP contribution is 2.41. The van der Waals surface area contributed by atoms with E-state index in [9.17, 15) is 13.6 Å². The number of nitriles is 1. The molecule has 0 aliphatic carbocycles. The van der Waals surface area contributed by atoms with E-state index >= 15 is 0 Å². The molecule has 0 unspecified atom stereocenters. The number of ether oxygens (including phenoxy) is 1. The summed E-state index contributed by atoms with van der Waals surface area (Å²) in [5.41, 5.74) is 4.50. The number of amides is 1. The molecule has 1 aromatic carbocycles. The number of benzene rings is 1. The van der Waals surface area contributed by atoms with E-state index in [0.717, 1.165) is 6.07 Å². The molecule has 0 bridgehead atoms. The largest absolute Gasteiger partial charge is 0.462 e. The molecular formula is C19H16ClF2N5O2. The molecule has 1 aliphatic rings. The molecule has 2 atom stereocenters. The zero-order valence-electron chi connectivity index (χ0n) is 15.2. The first kappa shape index (κ1) is 20.5. The van der Waals surface area contributed by atoms with Crippen molar-refractivity contribution in [2.75, 3.05) is 12.0 Å². The SMILES string of the molecule is C[C@@H]1C[C@](CF)(c2cc(NC(=O)c3ccc(C#N)cn3)cc(F)c2Cl)N=C(N)O1. The Morgan fingerprint density at radius 3 is 2.86 bits per heavy atom. The second-order valence-corrected chi connectivity index (χ2v) is 6.94. The monoisotopic (exact) mass is 419 g/mol. The van der Waals surface area contributed by atoms with Gasteiger partial charge in [-0.2, -0.15) is 5.26 Å². The van der Waals surface area contributed by atoms with Gasteiger partial charge in [0.2, 0.25) is 0 Å². The fourth-order valence-corrected chi connectivity index (χ4v) is 3.41. The zero-order valence-corrected chi connectivity index (χ0v) is 16.0. The second kappa shape index (κ2) is 8.01. The second-order valence-electron chi connectivity index (χ2n) is 6.57. The Bertz CT molecular complexity index is 1020. The molecular weight excluding hydrogens is 404 g/mol. The van der Waals surface area contributed by atoms with E-state index in [1.807, 2.05) is 6.07 Å². The number of nitrogens with zero attached hydrogens (tertiary/aromatic N) is 3. The molecule has 29 heavy (non-hydrogen) atoms. The molecule has 3 N–H and O–H groups in total. The van der Waals surface area contributed by atoms with Gasteiger partial charge in [0.25, 0.3) is 11.9 Å². The number of alkyl halides is 1. The van der Waals surface area contributed by atoms with Gasteiger partial charge >= 0.3 is 0 Å². The van der Waals surface area contributed by atoms with Crippen molar-refractivity contribution in [3.8, 4) is 6.07 Å². The van der Waals surface area contributed by atoms with E-state index in [0.29, 0.717) is 0 Å². The van der Waals surface area contributed by atoms with E-state index in [-0.39, 0.29) is 40.0 Å². The minimum atomic E-state index is -1.53. The van der Waals surface area contributed by atoms with Crippen molar-refractivity contribution in [3.63, 3.8) is 0 Å². The van der Waals surface area contributed by atoms with Crippen molar-refractivity contribution in [2.24, 2.45) is 10.7 Å². The number of nitrogens with two attached hydrogens (primary N) is 1. The van der Waals surface area contributed by atoms with Crippen molar-refractivity contribution in [1.82, 2.24) is 4.98 Å². The van der Waals surface area contributed by atoms with Gasteiger partial charge in [0.05, 0.1) is 10.6 Å². The van der Waals surface area contributed by atoms with Crippen LogP contribution in [0.15, 0.2) is 35.5 Å². The van der Waals surface area contributed by atoms with Gasteiger partial charge in [-0.1, -0.05) is 11.6 Å². The Morgan fingerprint density at radius 1 is 1.52 bits per heavy atom. The van der Waals surface area contributed by atoms with Crippen molar-refractivity contribution in [1.29, 1.82) is 5.26 Å². The van der Waals surface area contributed by atoms with Crippen LogP contribution in [-0.2, 0) is 10.3 Å². The minimum absolute atomic E-state index is 0.0167. The van der Waals surface area contributed by atoms with Crippen LogP contribution in [0.4, 0.5) is 14.5 Å². The third-order valence-electron chi connectivity index (χ3n) is 4.41. The summed E-state index contributed by atoms with van der Waals surface area (Å²) >= 11 is 6.10. The van der Waals surface area contributed by atoms with Crippen molar-refractivity contribution in [2.45, 2.75) is 25.0 Å². The average molecular weight is 420 g/mol. The van der Waals surface area contributed by atoms with Crippen LogP contribution < -0.4 is 11.1 Å². The van der Waals surface area contributed by atoms with E-state index in [1.165, 1.54) is 24.4 Å². The lowest BCUT2D eigenvalue weighted by Crippen LogP contribution is -2.41. The number of hydrogen-bond acceptors (Lipinski definition) is 6. The topological polar surface area (TPSA) is 113 Å².